The second kappa shape index (κ2) is 5.87. The van der Waals surface area contributed by atoms with Crippen LogP contribution in [0.3, 0.4) is 0 Å². The van der Waals surface area contributed by atoms with Crippen LogP contribution < -0.4 is 5.32 Å². The highest BCUT2D eigenvalue weighted by molar-refractivity contribution is 7.11. The lowest BCUT2D eigenvalue weighted by molar-refractivity contribution is 0.530. The quantitative estimate of drug-likeness (QED) is 0.940. The Hall–Kier alpha value is -0.850. The van der Waals surface area contributed by atoms with Gasteiger partial charge in [-0.2, -0.15) is 0 Å². The van der Waals surface area contributed by atoms with E-state index in [4.69, 9.17) is 0 Å². The van der Waals surface area contributed by atoms with Gasteiger partial charge in [-0.15, -0.1) is 16.4 Å². The topological polar surface area (TPSA) is 50.7 Å². The molecule has 0 bridgehead atoms. The zero-order chi connectivity index (χ0) is 14.9. The average molecular weight is 310 g/mol. The van der Waals surface area contributed by atoms with Gasteiger partial charge in [-0.05, 0) is 32.4 Å². The summed E-state index contributed by atoms with van der Waals surface area (Å²) < 4.78 is 4.16. The number of hydrogen-bond donors (Lipinski definition) is 1. The number of thiazole rings is 1. The second-order valence-corrected chi connectivity index (χ2v) is 8.10. The van der Waals surface area contributed by atoms with Gasteiger partial charge in [-0.1, -0.05) is 25.3 Å². The normalized spacial score (nSPS) is 13.7. The molecule has 1 N–H and O–H groups in total. The molecule has 0 aliphatic rings. The Kier molecular flexibility index (Phi) is 4.56. The van der Waals surface area contributed by atoms with Crippen LogP contribution in [0.15, 0.2) is 0 Å². The standard InChI is InChI=1S/C14H22N4S2/c1-8-9(2)19-11(16-8)7-10(15-6)12-13(14(3,4)5)17-18-20-12/h10,15H,7H2,1-6H3. The Morgan fingerprint density at radius 3 is 2.45 bits per heavy atom. The monoisotopic (exact) mass is 310 g/mol. The molecule has 4 nitrogen and oxygen atoms in total. The summed E-state index contributed by atoms with van der Waals surface area (Å²) in [6, 6.07) is 0.231. The summed E-state index contributed by atoms with van der Waals surface area (Å²) in [4.78, 5) is 7.17. The molecular formula is C14H22N4S2. The maximum absolute atomic E-state index is 4.64. The molecule has 2 heterocycles. The van der Waals surface area contributed by atoms with E-state index < -0.39 is 0 Å². The van der Waals surface area contributed by atoms with Crippen molar-refractivity contribution in [3.8, 4) is 0 Å². The molecule has 2 aromatic rings. The van der Waals surface area contributed by atoms with Crippen molar-refractivity contribution in [3.05, 3.63) is 26.1 Å². The Balaban J connectivity index is 2.27. The van der Waals surface area contributed by atoms with E-state index in [1.54, 1.807) is 11.3 Å². The van der Waals surface area contributed by atoms with Crippen LogP contribution in [0.4, 0.5) is 0 Å². The summed E-state index contributed by atoms with van der Waals surface area (Å²) >= 11 is 3.27. The summed E-state index contributed by atoms with van der Waals surface area (Å²) in [5, 5.41) is 8.90. The SMILES string of the molecule is CNC(Cc1nc(C)c(C)s1)c1snnc1C(C)(C)C. The van der Waals surface area contributed by atoms with Gasteiger partial charge in [0.25, 0.3) is 0 Å². The Bertz CT molecular complexity index is 561. The van der Waals surface area contributed by atoms with Crippen LogP contribution in [0.2, 0.25) is 0 Å². The van der Waals surface area contributed by atoms with E-state index in [-0.39, 0.29) is 11.5 Å². The lowest BCUT2D eigenvalue weighted by Gasteiger charge is -2.20. The third-order valence-corrected chi connectivity index (χ3v) is 5.27. The number of aromatic nitrogens is 3. The predicted octanol–water partition coefficient (Wildman–Crippen LogP) is 3.41. The summed E-state index contributed by atoms with van der Waals surface area (Å²) in [7, 11) is 1.99. The van der Waals surface area contributed by atoms with Crippen LogP contribution in [0.5, 0.6) is 0 Å². The van der Waals surface area contributed by atoms with Crippen molar-refractivity contribution in [1.29, 1.82) is 0 Å². The minimum absolute atomic E-state index is 0.0200. The van der Waals surface area contributed by atoms with Crippen LogP contribution in [0.1, 0.15) is 53.0 Å². The van der Waals surface area contributed by atoms with Crippen molar-refractivity contribution in [2.45, 2.75) is 52.5 Å². The van der Waals surface area contributed by atoms with Gasteiger partial charge in [-0.25, -0.2) is 4.98 Å². The van der Waals surface area contributed by atoms with Crippen LogP contribution in [-0.4, -0.2) is 21.6 Å². The maximum Gasteiger partial charge on any atom is 0.0950 e. The molecule has 0 aliphatic carbocycles. The van der Waals surface area contributed by atoms with Crippen molar-refractivity contribution in [2.24, 2.45) is 0 Å². The van der Waals surface area contributed by atoms with Gasteiger partial charge >= 0.3 is 0 Å². The summed E-state index contributed by atoms with van der Waals surface area (Å²) in [5.41, 5.74) is 2.25. The third-order valence-electron chi connectivity index (χ3n) is 3.34. The van der Waals surface area contributed by atoms with Crippen molar-refractivity contribution < 1.29 is 0 Å². The van der Waals surface area contributed by atoms with Crippen LogP contribution >= 0.6 is 22.9 Å². The molecule has 0 aliphatic heterocycles. The van der Waals surface area contributed by atoms with Crippen LogP contribution in [0.25, 0.3) is 0 Å². The fraction of sp³-hybridized carbons (Fsp3) is 0.643. The van der Waals surface area contributed by atoms with Gasteiger partial charge in [0.1, 0.15) is 0 Å². The maximum atomic E-state index is 4.64. The largest absolute Gasteiger partial charge is 0.312 e. The molecular weight excluding hydrogens is 288 g/mol. The van der Waals surface area contributed by atoms with Crippen LogP contribution in [0, 0.1) is 13.8 Å². The van der Waals surface area contributed by atoms with Crippen molar-refractivity contribution in [2.75, 3.05) is 7.05 Å². The molecule has 2 aromatic heterocycles. The predicted molar refractivity (Wildman–Crippen MR) is 85.7 cm³/mol. The minimum Gasteiger partial charge on any atom is -0.312 e. The molecule has 0 fully saturated rings. The number of nitrogens with zero attached hydrogens (tertiary/aromatic N) is 3. The first-order valence-electron chi connectivity index (χ1n) is 6.75. The summed E-state index contributed by atoms with van der Waals surface area (Å²) in [6.07, 6.45) is 0.892. The molecule has 0 saturated heterocycles. The van der Waals surface area contributed by atoms with Crippen molar-refractivity contribution in [1.82, 2.24) is 19.9 Å². The molecule has 6 heteroatoms. The molecule has 110 valence electrons. The Labute approximate surface area is 128 Å². The first kappa shape index (κ1) is 15.5. The zero-order valence-electron chi connectivity index (χ0n) is 12.9. The van der Waals surface area contributed by atoms with E-state index in [9.17, 15) is 0 Å². The van der Waals surface area contributed by atoms with E-state index in [0.717, 1.165) is 17.8 Å². The Morgan fingerprint density at radius 1 is 1.25 bits per heavy atom. The van der Waals surface area contributed by atoms with E-state index in [1.807, 2.05) is 7.05 Å². The van der Waals surface area contributed by atoms with E-state index >= 15 is 0 Å². The molecule has 0 radical (unpaired) electrons. The summed E-state index contributed by atoms with van der Waals surface area (Å²) in [6.45, 7) is 10.7. The lowest BCUT2D eigenvalue weighted by atomic mass is 9.89. The third kappa shape index (κ3) is 3.24. The molecule has 20 heavy (non-hydrogen) atoms. The van der Waals surface area contributed by atoms with Crippen LogP contribution in [-0.2, 0) is 11.8 Å². The first-order valence-corrected chi connectivity index (χ1v) is 8.34. The molecule has 1 unspecified atom stereocenters. The van der Waals surface area contributed by atoms with Gasteiger partial charge < -0.3 is 5.32 Å². The average Bonchev–Trinajstić information content (AvgIpc) is 2.93. The molecule has 1 atom stereocenters. The van der Waals surface area contributed by atoms with E-state index in [2.05, 4.69) is 54.5 Å². The fourth-order valence-electron chi connectivity index (χ4n) is 2.07. The highest BCUT2D eigenvalue weighted by Gasteiger charge is 2.27. The van der Waals surface area contributed by atoms with Gasteiger partial charge in [0.15, 0.2) is 0 Å². The number of nitrogens with one attached hydrogen (secondary N) is 1. The molecule has 0 aromatic carbocycles. The lowest BCUT2D eigenvalue weighted by Crippen LogP contribution is -2.23. The number of aryl methyl sites for hydroxylation is 2. The molecule has 0 amide bonds. The highest BCUT2D eigenvalue weighted by Crippen LogP contribution is 2.32. The zero-order valence-corrected chi connectivity index (χ0v) is 14.6. The number of likely N-dealkylation sites (N-methyl/N-ethyl adjacent to an activating group) is 1. The van der Waals surface area contributed by atoms with Gasteiger partial charge in [-0.3, -0.25) is 0 Å². The first-order chi connectivity index (χ1) is 9.32. The Morgan fingerprint density at radius 2 is 1.95 bits per heavy atom. The van der Waals surface area contributed by atoms with Crippen molar-refractivity contribution in [3.63, 3.8) is 0 Å². The minimum atomic E-state index is 0.0200. The van der Waals surface area contributed by atoms with E-state index in [0.29, 0.717) is 0 Å². The highest BCUT2D eigenvalue weighted by atomic mass is 32.1. The number of rotatable bonds is 4. The molecule has 0 spiro atoms. The smallest absolute Gasteiger partial charge is 0.0950 e. The second-order valence-electron chi connectivity index (χ2n) is 6.03. The summed E-state index contributed by atoms with van der Waals surface area (Å²) in [5.74, 6) is 0. The van der Waals surface area contributed by atoms with Gasteiger partial charge in [0, 0.05) is 16.7 Å². The van der Waals surface area contributed by atoms with Gasteiger partial charge in [0.05, 0.1) is 27.3 Å². The van der Waals surface area contributed by atoms with Crippen molar-refractivity contribution >= 4 is 22.9 Å². The molecule has 0 saturated carbocycles. The molecule has 2 rings (SSSR count). The fourth-order valence-corrected chi connectivity index (χ4v) is 4.02. The number of hydrogen-bond acceptors (Lipinski definition) is 6. The van der Waals surface area contributed by atoms with E-state index in [1.165, 1.54) is 26.3 Å². The van der Waals surface area contributed by atoms with Gasteiger partial charge in [0.2, 0.25) is 0 Å².